The van der Waals surface area contributed by atoms with Gasteiger partial charge in [0, 0.05) is 6.54 Å². The van der Waals surface area contributed by atoms with Gasteiger partial charge in [0.1, 0.15) is 5.82 Å². The second-order valence-electron chi connectivity index (χ2n) is 4.52. The Morgan fingerprint density at radius 3 is 2.76 bits per heavy atom. The smallest absolute Gasteiger partial charge is 0.254 e. The molecule has 0 bridgehead atoms. The van der Waals surface area contributed by atoms with Gasteiger partial charge in [0.2, 0.25) is 0 Å². The molecule has 1 unspecified atom stereocenters. The highest BCUT2D eigenvalue weighted by Gasteiger charge is 2.20. The number of amides is 1. The molecule has 17 heavy (non-hydrogen) atoms. The predicted molar refractivity (Wildman–Crippen MR) is 64.4 cm³/mol. The third-order valence-corrected chi connectivity index (χ3v) is 2.76. The summed E-state index contributed by atoms with van der Waals surface area (Å²) < 4.78 is 13.4. The lowest BCUT2D eigenvalue weighted by molar-refractivity contribution is 0.0517. The molecule has 4 heteroatoms. The van der Waals surface area contributed by atoms with E-state index in [0.29, 0.717) is 6.42 Å². The van der Waals surface area contributed by atoms with E-state index < -0.39 is 17.3 Å². The summed E-state index contributed by atoms with van der Waals surface area (Å²) in [7, 11) is 0. The molecule has 1 rings (SSSR count). The Labute approximate surface area is 101 Å². The third-order valence-electron chi connectivity index (χ3n) is 2.76. The Morgan fingerprint density at radius 2 is 2.18 bits per heavy atom. The maximum Gasteiger partial charge on any atom is 0.254 e. The van der Waals surface area contributed by atoms with Crippen molar-refractivity contribution in [2.45, 2.75) is 32.8 Å². The molecule has 0 fully saturated rings. The maximum absolute atomic E-state index is 13.4. The molecule has 0 aliphatic rings. The predicted octanol–water partition coefficient (Wildman–Crippen LogP) is 2.02. The zero-order valence-electron chi connectivity index (χ0n) is 10.4. The third kappa shape index (κ3) is 3.82. The van der Waals surface area contributed by atoms with Gasteiger partial charge in [-0.2, -0.15) is 0 Å². The zero-order chi connectivity index (χ0) is 13.1. The minimum absolute atomic E-state index is 0.0110. The maximum atomic E-state index is 13.4. The highest BCUT2D eigenvalue weighted by Crippen LogP contribution is 2.11. The van der Waals surface area contributed by atoms with Crippen molar-refractivity contribution in [3.63, 3.8) is 0 Å². The fourth-order valence-electron chi connectivity index (χ4n) is 1.30. The molecule has 1 amide bonds. The molecule has 0 heterocycles. The summed E-state index contributed by atoms with van der Waals surface area (Å²) in [6.07, 6.45) is 0.517. The van der Waals surface area contributed by atoms with Gasteiger partial charge in [-0.1, -0.05) is 18.6 Å². The van der Waals surface area contributed by atoms with E-state index in [2.05, 4.69) is 5.32 Å². The topological polar surface area (TPSA) is 49.3 Å². The molecule has 3 nitrogen and oxygen atoms in total. The van der Waals surface area contributed by atoms with E-state index in [1.165, 1.54) is 12.1 Å². The van der Waals surface area contributed by atoms with Crippen molar-refractivity contribution < 1.29 is 14.3 Å². The molecule has 0 aliphatic heterocycles. The summed E-state index contributed by atoms with van der Waals surface area (Å²) >= 11 is 0. The van der Waals surface area contributed by atoms with E-state index in [9.17, 15) is 14.3 Å². The van der Waals surface area contributed by atoms with Crippen molar-refractivity contribution in [1.29, 1.82) is 0 Å². The first-order valence-electron chi connectivity index (χ1n) is 5.62. The molecule has 0 saturated carbocycles. The molecule has 0 aromatic heterocycles. The largest absolute Gasteiger partial charge is 0.388 e. The van der Waals surface area contributed by atoms with Crippen LogP contribution in [-0.4, -0.2) is 23.2 Å². The van der Waals surface area contributed by atoms with Crippen molar-refractivity contribution in [2.24, 2.45) is 0 Å². The molecule has 0 spiro atoms. The Balaban J connectivity index is 2.74. The van der Waals surface area contributed by atoms with E-state index in [1.807, 2.05) is 6.92 Å². The molecule has 0 saturated heterocycles. The average Bonchev–Trinajstić information content (AvgIpc) is 2.29. The number of hydrogen-bond acceptors (Lipinski definition) is 2. The van der Waals surface area contributed by atoms with Gasteiger partial charge in [-0.05, 0) is 32.4 Å². The molecular weight excluding hydrogens is 221 g/mol. The standard InChI is InChI=1S/C13H18FNO2/c1-4-13(3,17)8-15-12(16)10-7-9(2)5-6-11(10)14/h5-7,17H,4,8H2,1-3H3,(H,15,16). The SMILES string of the molecule is CCC(C)(O)CNC(=O)c1cc(C)ccc1F. The Bertz CT molecular complexity index is 416. The zero-order valence-corrected chi connectivity index (χ0v) is 10.4. The van der Waals surface area contributed by atoms with Crippen LogP contribution in [-0.2, 0) is 0 Å². The number of halogens is 1. The number of carbonyl (C=O) groups is 1. The van der Waals surface area contributed by atoms with E-state index >= 15 is 0 Å². The number of carbonyl (C=O) groups excluding carboxylic acids is 1. The van der Waals surface area contributed by atoms with Crippen molar-refractivity contribution in [3.05, 3.63) is 35.1 Å². The van der Waals surface area contributed by atoms with Crippen LogP contribution in [0.1, 0.15) is 36.2 Å². The van der Waals surface area contributed by atoms with Crippen LogP contribution in [0.15, 0.2) is 18.2 Å². The molecule has 1 atom stereocenters. The minimum atomic E-state index is -0.962. The van der Waals surface area contributed by atoms with Crippen LogP contribution >= 0.6 is 0 Å². The van der Waals surface area contributed by atoms with Crippen molar-refractivity contribution in [1.82, 2.24) is 5.32 Å². The van der Waals surface area contributed by atoms with Crippen molar-refractivity contribution in [3.8, 4) is 0 Å². The van der Waals surface area contributed by atoms with Gasteiger partial charge in [-0.25, -0.2) is 4.39 Å². The van der Waals surface area contributed by atoms with Crippen LogP contribution in [0.25, 0.3) is 0 Å². The number of benzene rings is 1. The highest BCUT2D eigenvalue weighted by molar-refractivity contribution is 5.94. The Morgan fingerprint density at radius 1 is 1.53 bits per heavy atom. The lowest BCUT2D eigenvalue weighted by atomic mass is 10.0. The van der Waals surface area contributed by atoms with Gasteiger partial charge in [-0.3, -0.25) is 4.79 Å². The summed E-state index contributed by atoms with van der Waals surface area (Å²) in [5.74, 6) is -1.05. The second-order valence-corrected chi connectivity index (χ2v) is 4.52. The molecule has 2 N–H and O–H groups in total. The van der Waals surface area contributed by atoms with Gasteiger partial charge in [0.05, 0.1) is 11.2 Å². The fraction of sp³-hybridized carbons (Fsp3) is 0.462. The van der Waals surface area contributed by atoms with Gasteiger partial charge >= 0.3 is 0 Å². The van der Waals surface area contributed by atoms with Crippen molar-refractivity contribution in [2.75, 3.05) is 6.54 Å². The van der Waals surface area contributed by atoms with Crippen LogP contribution in [0, 0.1) is 12.7 Å². The van der Waals surface area contributed by atoms with Gasteiger partial charge in [0.15, 0.2) is 0 Å². The second kappa shape index (κ2) is 5.27. The highest BCUT2D eigenvalue weighted by atomic mass is 19.1. The van der Waals surface area contributed by atoms with Gasteiger partial charge < -0.3 is 10.4 Å². The molecule has 0 radical (unpaired) electrons. The van der Waals surface area contributed by atoms with Gasteiger partial charge in [0.25, 0.3) is 5.91 Å². The monoisotopic (exact) mass is 239 g/mol. The van der Waals surface area contributed by atoms with Crippen LogP contribution < -0.4 is 5.32 Å². The Kier molecular flexibility index (Phi) is 4.23. The lowest BCUT2D eigenvalue weighted by Crippen LogP contribution is -2.40. The molecule has 1 aromatic carbocycles. The average molecular weight is 239 g/mol. The van der Waals surface area contributed by atoms with Crippen LogP contribution in [0.3, 0.4) is 0 Å². The fourth-order valence-corrected chi connectivity index (χ4v) is 1.30. The first-order valence-corrected chi connectivity index (χ1v) is 5.62. The summed E-state index contributed by atoms with van der Waals surface area (Å²) in [4.78, 5) is 11.7. The van der Waals surface area contributed by atoms with E-state index in [4.69, 9.17) is 0 Å². The van der Waals surface area contributed by atoms with Crippen LogP contribution in [0.4, 0.5) is 4.39 Å². The van der Waals surface area contributed by atoms with E-state index in [-0.39, 0.29) is 12.1 Å². The summed E-state index contributed by atoms with van der Waals surface area (Å²) in [6.45, 7) is 5.34. The number of nitrogens with one attached hydrogen (secondary N) is 1. The first kappa shape index (κ1) is 13.6. The van der Waals surface area contributed by atoms with Crippen molar-refractivity contribution >= 4 is 5.91 Å². The molecule has 0 aliphatic carbocycles. The Hall–Kier alpha value is -1.42. The van der Waals surface area contributed by atoms with Crippen LogP contribution in [0.5, 0.6) is 0 Å². The number of aliphatic hydroxyl groups is 1. The number of aryl methyl sites for hydroxylation is 1. The quantitative estimate of drug-likeness (QED) is 0.844. The molecule has 94 valence electrons. The number of hydrogen-bond donors (Lipinski definition) is 2. The van der Waals surface area contributed by atoms with E-state index in [1.54, 1.807) is 19.9 Å². The first-order chi connectivity index (χ1) is 7.85. The summed E-state index contributed by atoms with van der Waals surface area (Å²) in [5, 5.41) is 12.3. The minimum Gasteiger partial charge on any atom is -0.388 e. The lowest BCUT2D eigenvalue weighted by Gasteiger charge is -2.21. The normalized spacial score (nSPS) is 14.2. The summed E-state index contributed by atoms with van der Waals surface area (Å²) in [5.41, 5.74) is -0.133. The summed E-state index contributed by atoms with van der Waals surface area (Å²) in [6, 6.07) is 4.36. The van der Waals surface area contributed by atoms with Gasteiger partial charge in [-0.15, -0.1) is 0 Å². The van der Waals surface area contributed by atoms with E-state index in [0.717, 1.165) is 5.56 Å². The molecule has 1 aromatic rings. The number of rotatable bonds is 4. The van der Waals surface area contributed by atoms with Crippen LogP contribution in [0.2, 0.25) is 0 Å². The molecular formula is C13H18FNO2.